The van der Waals surface area contributed by atoms with Crippen LogP contribution in [0.3, 0.4) is 0 Å². The number of hydrogen-bond acceptors (Lipinski definition) is 4. The molecule has 0 aliphatic heterocycles. The van der Waals surface area contributed by atoms with Gasteiger partial charge in [-0.05, 0) is 69.2 Å². The van der Waals surface area contributed by atoms with Crippen molar-refractivity contribution < 1.29 is 13.3 Å². The zero-order chi connectivity index (χ0) is 17.0. The maximum atomic E-state index is 6.45. The van der Waals surface area contributed by atoms with Crippen molar-refractivity contribution in [2.75, 3.05) is 0 Å². The van der Waals surface area contributed by atoms with Crippen LogP contribution in [-0.4, -0.2) is 43.7 Å². The monoisotopic (exact) mass is 319 g/mol. The zero-order valence-electron chi connectivity index (χ0n) is 16.0. The summed E-state index contributed by atoms with van der Waals surface area (Å²) in [6.07, 6.45) is 0.172. The second-order valence-electron chi connectivity index (χ2n) is 7.34. The van der Waals surface area contributed by atoms with E-state index in [4.69, 9.17) is 13.3 Å². The molecular weight excluding hydrogens is 282 g/mol. The summed E-state index contributed by atoms with van der Waals surface area (Å²) in [6.45, 7) is 23.1. The van der Waals surface area contributed by atoms with Gasteiger partial charge in [0.05, 0.1) is 0 Å². The van der Waals surface area contributed by atoms with Crippen molar-refractivity contribution in [1.29, 1.82) is 0 Å². The third-order valence-corrected chi connectivity index (χ3v) is 5.74. The summed E-state index contributed by atoms with van der Waals surface area (Å²) in [4.78, 5) is 2.35. The van der Waals surface area contributed by atoms with Gasteiger partial charge < -0.3 is 13.3 Å². The smallest absolute Gasteiger partial charge is 0.371 e. The Hall–Kier alpha value is 0.0569. The number of hydrogen-bond donors (Lipinski definition) is 0. The molecule has 21 heavy (non-hydrogen) atoms. The van der Waals surface area contributed by atoms with Crippen molar-refractivity contribution in [3.63, 3.8) is 0 Å². The minimum absolute atomic E-state index is 0.0859. The molecule has 0 heterocycles. The highest BCUT2D eigenvalue weighted by atomic mass is 28.4. The molecule has 0 fully saturated rings. The van der Waals surface area contributed by atoms with Crippen LogP contribution >= 0.6 is 0 Å². The van der Waals surface area contributed by atoms with Crippen LogP contribution in [0.4, 0.5) is 0 Å². The second-order valence-corrected chi connectivity index (χ2v) is 9.74. The number of rotatable bonds is 9. The van der Waals surface area contributed by atoms with E-state index in [0.717, 1.165) is 0 Å². The first-order valence-corrected chi connectivity index (χ1v) is 10.4. The van der Waals surface area contributed by atoms with Crippen LogP contribution < -0.4 is 0 Å². The lowest BCUT2D eigenvalue weighted by Crippen LogP contribution is -2.60. The summed E-state index contributed by atoms with van der Waals surface area (Å²) in [5, 5.41) is 0. The predicted molar refractivity (Wildman–Crippen MR) is 91.3 cm³/mol. The lowest BCUT2D eigenvalue weighted by atomic mass is 10.1. The summed E-state index contributed by atoms with van der Waals surface area (Å²) in [7, 11) is -2.71. The molecule has 0 N–H and O–H groups in total. The Labute approximate surface area is 133 Å². The van der Waals surface area contributed by atoms with Crippen molar-refractivity contribution in [3.8, 4) is 0 Å². The Morgan fingerprint density at radius 1 is 0.762 bits per heavy atom. The molecule has 0 aromatic rings. The van der Waals surface area contributed by atoms with Gasteiger partial charge in [0.15, 0.2) is 0 Å². The van der Waals surface area contributed by atoms with E-state index < -0.39 is 14.5 Å². The highest BCUT2D eigenvalue weighted by Gasteiger charge is 2.45. The molecule has 0 radical (unpaired) electrons. The molecule has 4 nitrogen and oxygen atoms in total. The lowest BCUT2D eigenvalue weighted by Gasteiger charge is -2.47. The van der Waals surface area contributed by atoms with Gasteiger partial charge in [-0.3, -0.25) is 4.90 Å². The molecule has 0 bridgehead atoms. The molecule has 0 aromatic heterocycles. The first-order valence-electron chi connectivity index (χ1n) is 8.15. The van der Waals surface area contributed by atoms with Gasteiger partial charge in [-0.25, -0.2) is 0 Å². The lowest BCUT2D eigenvalue weighted by molar-refractivity contribution is -0.136. The fourth-order valence-corrected chi connectivity index (χ4v) is 6.16. The summed E-state index contributed by atoms with van der Waals surface area (Å²) in [6, 6.07) is 0.771. The molecule has 0 aliphatic rings. The fourth-order valence-electron chi connectivity index (χ4n) is 3.28. The molecule has 0 rings (SSSR count). The third kappa shape index (κ3) is 7.24. The summed E-state index contributed by atoms with van der Waals surface area (Å²) < 4.78 is 18.6. The topological polar surface area (TPSA) is 30.9 Å². The van der Waals surface area contributed by atoms with E-state index in [9.17, 15) is 0 Å². The Bertz CT molecular complexity index is 283. The predicted octanol–water partition coefficient (Wildman–Crippen LogP) is 4.28. The van der Waals surface area contributed by atoms with Crippen LogP contribution in [0.2, 0.25) is 6.55 Å². The van der Waals surface area contributed by atoms with Gasteiger partial charge in [-0.15, -0.1) is 0 Å². The average Bonchev–Trinajstić information content (AvgIpc) is 2.08. The summed E-state index contributed by atoms with van der Waals surface area (Å²) >= 11 is 0. The van der Waals surface area contributed by atoms with Crippen LogP contribution in [0.1, 0.15) is 69.2 Å². The molecule has 0 unspecified atom stereocenters. The highest BCUT2D eigenvalue weighted by molar-refractivity contribution is 6.59. The van der Waals surface area contributed by atoms with Gasteiger partial charge >= 0.3 is 8.80 Å². The van der Waals surface area contributed by atoms with Crippen LogP contribution in [0.5, 0.6) is 0 Å². The van der Waals surface area contributed by atoms with Gasteiger partial charge in [-0.2, -0.15) is 0 Å². The maximum absolute atomic E-state index is 6.45. The fraction of sp³-hybridized carbons (Fsp3) is 1.00. The molecular formula is C16H37NO3Si. The van der Waals surface area contributed by atoms with E-state index >= 15 is 0 Å². The van der Waals surface area contributed by atoms with Crippen molar-refractivity contribution >= 4 is 8.80 Å². The Morgan fingerprint density at radius 3 is 1.33 bits per heavy atom. The van der Waals surface area contributed by atoms with Gasteiger partial charge in [0, 0.05) is 30.8 Å². The van der Waals surface area contributed by atoms with Gasteiger partial charge in [0.1, 0.15) is 5.72 Å². The molecule has 0 aliphatic carbocycles. The maximum Gasteiger partial charge on any atom is 0.499 e. The molecule has 0 atom stereocenters. The normalized spacial score (nSPS) is 14.3. The largest absolute Gasteiger partial charge is 0.499 e. The molecule has 0 aromatic carbocycles. The third-order valence-electron chi connectivity index (χ3n) is 3.07. The minimum Gasteiger partial charge on any atom is -0.371 e. The summed E-state index contributed by atoms with van der Waals surface area (Å²) in [5.74, 6) is 0. The molecule has 128 valence electrons. The van der Waals surface area contributed by atoms with Crippen molar-refractivity contribution in [3.05, 3.63) is 0 Å². The SMILES string of the molecule is CC(C)O[Si](C)(OC(C)C)OC(C)(C)N(C(C)C)C(C)C. The van der Waals surface area contributed by atoms with E-state index in [2.05, 4.69) is 46.4 Å². The van der Waals surface area contributed by atoms with E-state index in [-0.39, 0.29) is 12.2 Å². The van der Waals surface area contributed by atoms with Crippen LogP contribution in [-0.2, 0) is 13.3 Å². The van der Waals surface area contributed by atoms with E-state index in [0.29, 0.717) is 12.1 Å². The van der Waals surface area contributed by atoms with Gasteiger partial charge in [0.2, 0.25) is 0 Å². The zero-order valence-corrected chi connectivity index (χ0v) is 17.0. The highest BCUT2D eigenvalue weighted by Crippen LogP contribution is 2.28. The minimum atomic E-state index is -2.71. The average molecular weight is 320 g/mol. The van der Waals surface area contributed by atoms with Crippen molar-refractivity contribution in [2.24, 2.45) is 0 Å². The van der Waals surface area contributed by atoms with Crippen LogP contribution in [0, 0.1) is 0 Å². The van der Waals surface area contributed by atoms with Gasteiger partial charge in [0.25, 0.3) is 0 Å². The van der Waals surface area contributed by atoms with E-state index in [1.807, 2.05) is 34.2 Å². The number of nitrogens with zero attached hydrogens (tertiary/aromatic N) is 1. The van der Waals surface area contributed by atoms with Gasteiger partial charge in [-0.1, -0.05) is 0 Å². The first kappa shape index (κ1) is 21.1. The van der Waals surface area contributed by atoms with E-state index in [1.165, 1.54) is 0 Å². The quantitative estimate of drug-likeness (QED) is 0.469. The van der Waals surface area contributed by atoms with Crippen LogP contribution in [0.15, 0.2) is 0 Å². The molecule has 0 saturated carbocycles. The molecule has 0 saturated heterocycles. The Kier molecular flexibility index (Phi) is 8.08. The molecule has 0 amide bonds. The van der Waals surface area contributed by atoms with Crippen LogP contribution in [0.25, 0.3) is 0 Å². The summed E-state index contributed by atoms with van der Waals surface area (Å²) in [5.41, 5.74) is -0.437. The Morgan fingerprint density at radius 2 is 1.10 bits per heavy atom. The standard InChI is InChI=1S/C16H37NO3Si/c1-12(2)17(13(3)4)16(9,10)20-21(11,18-14(5)6)19-15(7)8/h12-15H,1-11H3. The first-order chi connectivity index (χ1) is 9.30. The molecule has 0 spiro atoms. The van der Waals surface area contributed by atoms with Crippen molar-refractivity contribution in [2.45, 2.75) is 106 Å². The molecule has 5 heteroatoms. The second kappa shape index (κ2) is 8.06. The van der Waals surface area contributed by atoms with E-state index in [1.54, 1.807) is 0 Å². The van der Waals surface area contributed by atoms with Crippen molar-refractivity contribution in [1.82, 2.24) is 4.90 Å². The Balaban J connectivity index is 5.28.